The third kappa shape index (κ3) is 6.52. The third-order valence-electron chi connectivity index (χ3n) is 5.37. The molecular formula is C26H30N2O3S. The molecule has 168 valence electrons. The smallest absolute Gasteiger partial charge is 0.241 e. The van der Waals surface area contributed by atoms with E-state index in [0.717, 1.165) is 16.8 Å². The van der Waals surface area contributed by atoms with E-state index in [9.17, 15) is 13.2 Å². The van der Waals surface area contributed by atoms with Gasteiger partial charge in [-0.3, -0.25) is 4.79 Å². The Morgan fingerprint density at radius 1 is 0.812 bits per heavy atom. The fraction of sp³-hybridized carbons (Fsp3) is 0.269. The first-order valence-electron chi connectivity index (χ1n) is 10.8. The SMILES string of the molecule is CC(C)c1ccc(NC(=O)CCc2ccc(S(=O)(=O)N[C@H](C)c3ccccc3)cc2)cc1. The minimum atomic E-state index is -3.64. The van der Waals surface area contributed by atoms with Crippen LogP contribution in [0.1, 0.15) is 55.8 Å². The molecule has 0 aliphatic carbocycles. The molecule has 0 spiro atoms. The monoisotopic (exact) mass is 450 g/mol. The van der Waals surface area contributed by atoms with Crippen LogP contribution in [0.15, 0.2) is 83.8 Å². The number of amides is 1. The van der Waals surface area contributed by atoms with Gasteiger partial charge in [-0.25, -0.2) is 13.1 Å². The lowest BCUT2D eigenvalue weighted by molar-refractivity contribution is -0.116. The van der Waals surface area contributed by atoms with E-state index >= 15 is 0 Å². The Morgan fingerprint density at radius 2 is 1.44 bits per heavy atom. The number of hydrogen-bond acceptors (Lipinski definition) is 3. The van der Waals surface area contributed by atoms with Gasteiger partial charge < -0.3 is 5.32 Å². The average Bonchev–Trinajstić information content (AvgIpc) is 2.78. The van der Waals surface area contributed by atoms with Crippen molar-refractivity contribution in [2.45, 2.75) is 50.5 Å². The van der Waals surface area contributed by atoms with Crippen LogP contribution < -0.4 is 10.0 Å². The summed E-state index contributed by atoms with van der Waals surface area (Å²) in [6.07, 6.45) is 0.853. The Balaban J connectivity index is 1.54. The molecule has 2 N–H and O–H groups in total. The summed E-state index contributed by atoms with van der Waals surface area (Å²) in [7, 11) is -3.64. The van der Waals surface area contributed by atoms with Gasteiger partial charge in [0.05, 0.1) is 4.90 Å². The maximum Gasteiger partial charge on any atom is 0.241 e. The van der Waals surface area contributed by atoms with Crippen molar-refractivity contribution in [3.8, 4) is 0 Å². The average molecular weight is 451 g/mol. The zero-order valence-electron chi connectivity index (χ0n) is 18.7. The van der Waals surface area contributed by atoms with Gasteiger partial charge in [-0.1, -0.05) is 68.4 Å². The highest BCUT2D eigenvalue weighted by Gasteiger charge is 2.18. The maximum atomic E-state index is 12.7. The summed E-state index contributed by atoms with van der Waals surface area (Å²) in [5.41, 5.74) is 3.81. The van der Waals surface area contributed by atoms with E-state index in [1.807, 2.05) is 61.5 Å². The summed E-state index contributed by atoms with van der Waals surface area (Å²) in [5, 5.41) is 2.91. The number of hydrogen-bond donors (Lipinski definition) is 2. The molecule has 0 aliphatic heterocycles. The summed E-state index contributed by atoms with van der Waals surface area (Å²) >= 11 is 0. The molecule has 3 aromatic rings. The number of carbonyl (C=O) groups excluding carboxylic acids is 1. The Labute approximate surface area is 190 Å². The number of nitrogens with one attached hydrogen (secondary N) is 2. The molecular weight excluding hydrogens is 420 g/mol. The molecule has 0 unspecified atom stereocenters. The van der Waals surface area contributed by atoms with E-state index in [0.29, 0.717) is 18.8 Å². The van der Waals surface area contributed by atoms with Gasteiger partial charge in [0.1, 0.15) is 0 Å². The predicted molar refractivity (Wildman–Crippen MR) is 129 cm³/mol. The lowest BCUT2D eigenvalue weighted by atomic mass is 10.0. The number of benzene rings is 3. The van der Waals surface area contributed by atoms with Crippen LogP contribution in [0.4, 0.5) is 5.69 Å². The van der Waals surface area contributed by atoms with Crippen molar-refractivity contribution >= 4 is 21.6 Å². The molecule has 5 nitrogen and oxygen atoms in total. The van der Waals surface area contributed by atoms with Crippen molar-refractivity contribution in [1.29, 1.82) is 0 Å². The second kappa shape index (κ2) is 10.6. The molecule has 0 bridgehead atoms. The number of sulfonamides is 1. The van der Waals surface area contributed by atoms with Crippen LogP contribution in [0, 0.1) is 0 Å². The van der Waals surface area contributed by atoms with Crippen molar-refractivity contribution in [2.75, 3.05) is 5.32 Å². The minimum Gasteiger partial charge on any atom is -0.326 e. The van der Waals surface area contributed by atoms with Gasteiger partial charge in [0.2, 0.25) is 15.9 Å². The second-order valence-corrected chi connectivity index (χ2v) is 9.94. The summed E-state index contributed by atoms with van der Waals surface area (Å²) in [6, 6.07) is 23.6. The van der Waals surface area contributed by atoms with Crippen LogP contribution in [0.5, 0.6) is 0 Å². The maximum absolute atomic E-state index is 12.7. The Morgan fingerprint density at radius 3 is 2.03 bits per heavy atom. The molecule has 0 heterocycles. The van der Waals surface area contributed by atoms with Gasteiger partial charge in [-0.2, -0.15) is 0 Å². The summed E-state index contributed by atoms with van der Waals surface area (Å²) in [4.78, 5) is 12.5. The largest absolute Gasteiger partial charge is 0.326 e. The fourth-order valence-electron chi connectivity index (χ4n) is 3.38. The Bertz CT molecular complexity index is 1120. The van der Waals surface area contributed by atoms with E-state index in [1.165, 1.54) is 5.56 Å². The van der Waals surface area contributed by atoms with Crippen molar-refractivity contribution in [3.63, 3.8) is 0 Å². The molecule has 0 aromatic heterocycles. The lowest BCUT2D eigenvalue weighted by Crippen LogP contribution is -2.26. The molecule has 0 saturated heterocycles. The van der Waals surface area contributed by atoms with Crippen LogP contribution in [-0.4, -0.2) is 14.3 Å². The first kappa shape index (κ1) is 23.7. The lowest BCUT2D eigenvalue weighted by Gasteiger charge is -2.15. The molecule has 0 aliphatic rings. The quantitative estimate of drug-likeness (QED) is 0.457. The van der Waals surface area contributed by atoms with Crippen LogP contribution >= 0.6 is 0 Å². The van der Waals surface area contributed by atoms with Gasteiger partial charge >= 0.3 is 0 Å². The van der Waals surface area contributed by atoms with Gasteiger partial charge in [0.25, 0.3) is 0 Å². The van der Waals surface area contributed by atoms with Crippen molar-refractivity contribution < 1.29 is 13.2 Å². The zero-order chi connectivity index (χ0) is 23.1. The molecule has 6 heteroatoms. The minimum absolute atomic E-state index is 0.0719. The molecule has 3 aromatic carbocycles. The van der Waals surface area contributed by atoms with Crippen molar-refractivity contribution in [1.82, 2.24) is 4.72 Å². The van der Waals surface area contributed by atoms with E-state index in [2.05, 4.69) is 23.9 Å². The Kier molecular flexibility index (Phi) is 7.83. The van der Waals surface area contributed by atoms with Gasteiger partial charge in [0.15, 0.2) is 0 Å². The van der Waals surface area contributed by atoms with Crippen LogP contribution in [0.2, 0.25) is 0 Å². The molecule has 0 saturated carbocycles. The molecule has 0 fully saturated rings. The standard InChI is InChI=1S/C26H30N2O3S/c1-19(2)22-12-14-24(15-13-22)27-26(29)18-11-21-9-16-25(17-10-21)32(30,31)28-20(3)23-7-5-4-6-8-23/h4-10,12-17,19-20,28H,11,18H2,1-3H3,(H,27,29)/t20-/m1/s1. The third-order valence-corrected chi connectivity index (χ3v) is 6.92. The van der Waals surface area contributed by atoms with E-state index in [1.54, 1.807) is 24.3 Å². The van der Waals surface area contributed by atoms with E-state index in [-0.39, 0.29) is 16.8 Å². The highest BCUT2D eigenvalue weighted by Crippen LogP contribution is 2.19. The first-order chi connectivity index (χ1) is 15.2. The highest BCUT2D eigenvalue weighted by molar-refractivity contribution is 7.89. The summed E-state index contributed by atoms with van der Waals surface area (Å²) in [6.45, 7) is 6.07. The molecule has 0 radical (unpaired) electrons. The number of rotatable bonds is 9. The molecule has 3 rings (SSSR count). The summed E-state index contributed by atoms with van der Waals surface area (Å²) < 4.78 is 28.1. The van der Waals surface area contributed by atoms with Gasteiger partial charge in [-0.05, 0) is 60.2 Å². The molecule has 1 atom stereocenters. The van der Waals surface area contributed by atoms with Crippen molar-refractivity contribution in [2.24, 2.45) is 0 Å². The van der Waals surface area contributed by atoms with E-state index < -0.39 is 10.0 Å². The normalized spacial score (nSPS) is 12.5. The van der Waals surface area contributed by atoms with Crippen LogP contribution in [0.3, 0.4) is 0 Å². The summed E-state index contributed by atoms with van der Waals surface area (Å²) in [5.74, 6) is 0.376. The number of aryl methyl sites for hydroxylation is 1. The molecule has 1 amide bonds. The molecule has 32 heavy (non-hydrogen) atoms. The first-order valence-corrected chi connectivity index (χ1v) is 12.3. The van der Waals surface area contributed by atoms with E-state index in [4.69, 9.17) is 0 Å². The van der Waals surface area contributed by atoms with Crippen LogP contribution in [-0.2, 0) is 21.2 Å². The predicted octanol–water partition coefficient (Wildman–Crippen LogP) is 5.42. The topological polar surface area (TPSA) is 75.3 Å². The highest BCUT2D eigenvalue weighted by atomic mass is 32.2. The Hall–Kier alpha value is -2.96. The zero-order valence-corrected chi connectivity index (χ0v) is 19.5. The fourth-order valence-corrected chi connectivity index (χ4v) is 4.61. The number of carbonyl (C=O) groups is 1. The number of anilines is 1. The van der Waals surface area contributed by atoms with Gasteiger partial charge in [-0.15, -0.1) is 0 Å². The van der Waals surface area contributed by atoms with Crippen molar-refractivity contribution in [3.05, 3.63) is 95.6 Å². The second-order valence-electron chi connectivity index (χ2n) is 8.22. The van der Waals surface area contributed by atoms with Gasteiger partial charge in [0, 0.05) is 18.2 Å². The van der Waals surface area contributed by atoms with Crippen LogP contribution in [0.25, 0.3) is 0 Å².